The summed E-state index contributed by atoms with van der Waals surface area (Å²) in [6.45, 7) is 4.51. The number of hydrogen-bond donors (Lipinski definition) is 1. The van der Waals surface area contributed by atoms with Crippen LogP contribution in [0.5, 0.6) is 11.5 Å². The molecule has 2 aromatic rings. The van der Waals surface area contributed by atoms with Crippen molar-refractivity contribution in [2.24, 2.45) is 0 Å². The normalized spacial score (nSPS) is 10.3. The molecule has 1 N–H and O–H groups in total. The van der Waals surface area contributed by atoms with Crippen LogP contribution in [-0.4, -0.2) is 18.2 Å². The third kappa shape index (κ3) is 3.79. The standard InChI is InChI=1S/C18H20O4/c1-12-5-4-6-13(2)15(12)11-22-17-9-14(10-18(19)20)7-8-16(17)21-3/h4-9H,10-11H2,1-3H3,(H,19,20). The predicted molar refractivity (Wildman–Crippen MR) is 84.6 cm³/mol. The lowest BCUT2D eigenvalue weighted by Crippen LogP contribution is -2.04. The lowest BCUT2D eigenvalue weighted by atomic mass is 10.0. The van der Waals surface area contributed by atoms with Gasteiger partial charge in [-0.2, -0.15) is 0 Å². The number of carbonyl (C=O) groups is 1. The third-order valence-corrected chi connectivity index (χ3v) is 3.60. The minimum absolute atomic E-state index is 0.0379. The van der Waals surface area contributed by atoms with Crippen molar-refractivity contribution in [3.8, 4) is 11.5 Å². The maximum Gasteiger partial charge on any atom is 0.307 e. The molecule has 0 aliphatic heterocycles. The quantitative estimate of drug-likeness (QED) is 0.887. The van der Waals surface area contributed by atoms with E-state index in [4.69, 9.17) is 14.6 Å². The van der Waals surface area contributed by atoms with Crippen molar-refractivity contribution in [2.45, 2.75) is 26.9 Å². The summed E-state index contributed by atoms with van der Waals surface area (Å²) in [5, 5.41) is 8.89. The van der Waals surface area contributed by atoms with Crippen LogP contribution >= 0.6 is 0 Å². The molecule has 0 unspecified atom stereocenters. The van der Waals surface area contributed by atoms with Crippen LogP contribution in [0.2, 0.25) is 0 Å². The van der Waals surface area contributed by atoms with Gasteiger partial charge in [0.15, 0.2) is 11.5 Å². The number of ether oxygens (including phenoxy) is 2. The van der Waals surface area contributed by atoms with Crippen LogP contribution in [0.15, 0.2) is 36.4 Å². The summed E-state index contributed by atoms with van der Waals surface area (Å²) in [6, 6.07) is 11.3. The fraction of sp³-hybridized carbons (Fsp3) is 0.278. The lowest BCUT2D eigenvalue weighted by Gasteiger charge is -2.14. The topological polar surface area (TPSA) is 55.8 Å². The number of carboxylic acids is 1. The van der Waals surface area contributed by atoms with Crippen LogP contribution in [0.4, 0.5) is 0 Å². The molecular formula is C18H20O4. The van der Waals surface area contributed by atoms with Gasteiger partial charge in [0, 0.05) is 0 Å². The van der Waals surface area contributed by atoms with Crippen molar-refractivity contribution in [2.75, 3.05) is 7.11 Å². The van der Waals surface area contributed by atoms with Gasteiger partial charge in [-0.05, 0) is 48.2 Å². The smallest absolute Gasteiger partial charge is 0.307 e. The van der Waals surface area contributed by atoms with Gasteiger partial charge in [0.2, 0.25) is 0 Å². The van der Waals surface area contributed by atoms with Crippen LogP contribution < -0.4 is 9.47 Å². The molecule has 0 radical (unpaired) electrons. The first kappa shape index (κ1) is 15.9. The largest absolute Gasteiger partial charge is 0.493 e. The van der Waals surface area contributed by atoms with Crippen LogP contribution in [0.3, 0.4) is 0 Å². The van der Waals surface area contributed by atoms with Gasteiger partial charge in [-0.25, -0.2) is 0 Å². The molecule has 2 aromatic carbocycles. The molecule has 22 heavy (non-hydrogen) atoms. The van der Waals surface area contributed by atoms with Gasteiger partial charge in [-0.3, -0.25) is 4.79 Å². The Morgan fingerprint density at radius 1 is 1.09 bits per heavy atom. The summed E-state index contributed by atoms with van der Waals surface area (Å²) in [4.78, 5) is 10.8. The van der Waals surface area contributed by atoms with Crippen LogP contribution in [0, 0.1) is 13.8 Å². The molecule has 4 nitrogen and oxygen atoms in total. The van der Waals surface area contributed by atoms with Crippen molar-refractivity contribution >= 4 is 5.97 Å². The summed E-state index contributed by atoms with van der Waals surface area (Å²) in [5.74, 6) is 0.287. The van der Waals surface area contributed by atoms with Crippen molar-refractivity contribution < 1.29 is 19.4 Å². The van der Waals surface area contributed by atoms with Crippen LogP contribution in [0.1, 0.15) is 22.3 Å². The molecule has 0 spiro atoms. The Balaban J connectivity index is 2.22. The zero-order valence-corrected chi connectivity index (χ0v) is 13.1. The Labute approximate surface area is 130 Å². The molecule has 0 aliphatic carbocycles. The minimum Gasteiger partial charge on any atom is -0.493 e. The summed E-state index contributed by atoms with van der Waals surface area (Å²) < 4.78 is 11.2. The number of carboxylic acid groups (broad SMARTS) is 1. The van der Waals surface area contributed by atoms with Gasteiger partial charge in [0.1, 0.15) is 6.61 Å². The monoisotopic (exact) mass is 300 g/mol. The first-order valence-electron chi connectivity index (χ1n) is 7.08. The molecule has 0 fully saturated rings. The zero-order valence-electron chi connectivity index (χ0n) is 13.1. The number of methoxy groups -OCH3 is 1. The molecule has 0 atom stereocenters. The molecule has 0 bridgehead atoms. The maximum absolute atomic E-state index is 10.8. The Morgan fingerprint density at radius 2 is 1.77 bits per heavy atom. The van der Waals surface area contributed by atoms with Gasteiger partial charge in [-0.15, -0.1) is 0 Å². The highest BCUT2D eigenvalue weighted by atomic mass is 16.5. The first-order valence-corrected chi connectivity index (χ1v) is 7.08. The van der Waals surface area contributed by atoms with E-state index in [0.717, 1.165) is 5.56 Å². The van der Waals surface area contributed by atoms with Gasteiger partial charge >= 0.3 is 5.97 Å². The molecule has 0 aromatic heterocycles. The summed E-state index contributed by atoms with van der Waals surface area (Å²) >= 11 is 0. The number of aryl methyl sites for hydroxylation is 2. The van der Waals surface area contributed by atoms with Crippen LogP contribution in [-0.2, 0) is 17.8 Å². The van der Waals surface area contributed by atoms with E-state index in [1.54, 1.807) is 25.3 Å². The summed E-state index contributed by atoms with van der Waals surface area (Å²) in [5.41, 5.74) is 4.15. The van der Waals surface area contributed by atoms with Gasteiger partial charge in [0.25, 0.3) is 0 Å². The van der Waals surface area contributed by atoms with E-state index in [0.29, 0.717) is 23.7 Å². The van der Waals surface area contributed by atoms with E-state index in [1.165, 1.54) is 11.1 Å². The summed E-state index contributed by atoms with van der Waals surface area (Å²) in [7, 11) is 1.57. The highest BCUT2D eigenvalue weighted by Crippen LogP contribution is 2.29. The molecule has 2 rings (SSSR count). The SMILES string of the molecule is COc1ccc(CC(=O)O)cc1OCc1c(C)cccc1C. The lowest BCUT2D eigenvalue weighted by molar-refractivity contribution is -0.136. The average molecular weight is 300 g/mol. The van der Waals surface area contributed by atoms with E-state index in [-0.39, 0.29) is 6.42 Å². The van der Waals surface area contributed by atoms with Crippen molar-refractivity contribution in [3.05, 3.63) is 58.7 Å². The maximum atomic E-state index is 10.8. The van der Waals surface area contributed by atoms with Gasteiger partial charge in [0.05, 0.1) is 13.5 Å². The molecule has 4 heteroatoms. The highest BCUT2D eigenvalue weighted by Gasteiger charge is 2.10. The first-order chi connectivity index (χ1) is 10.5. The molecule has 0 aliphatic rings. The molecule has 0 saturated carbocycles. The van der Waals surface area contributed by atoms with E-state index >= 15 is 0 Å². The second-order valence-corrected chi connectivity index (χ2v) is 5.21. The fourth-order valence-corrected chi connectivity index (χ4v) is 2.35. The Bertz CT molecular complexity index is 657. The summed E-state index contributed by atoms with van der Waals surface area (Å²) in [6.07, 6.45) is -0.0379. The third-order valence-electron chi connectivity index (χ3n) is 3.60. The molecular weight excluding hydrogens is 280 g/mol. The van der Waals surface area contributed by atoms with E-state index < -0.39 is 5.97 Å². The molecule has 116 valence electrons. The number of benzene rings is 2. The molecule has 0 amide bonds. The molecule has 0 heterocycles. The van der Waals surface area contributed by atoms with Gasteiger partial charge < -0.3 is 14.6 Å². The second-order valence-electron chi connectivity index (χ2n) is 5.21. The Morgan fingerprint density at radius 3 is 2.36 bits per heavy atom. The highest BCUT2D eigenvalue weighted by molar-refractivity contribution is 5.70. The average Bonchev–Trinajstić information content (AvgIpc) is 2.46. The van der Waals surface area contributed by atoms with Crippen molar-refractivity contribution in [1.29, 1.82) is 0 Å². The van der Waals surface area contributed by atoms with Crippen LogP contribution in [0.25, 0.3) is 0 Å². The molecule has 0 saturated heterocycles. The zero-order chi connectivity index (χ0) is 16.1. The Hall–Kier alpha value is -2.49. The number of rotatable bonds is 6. The Kier molecular flexibility index (Phi) is 5.04. The predicted octanol–water partition coefficient (Wildman–Crippen LogP) is 3.52. The van der Waals surface area contributed by atoms with E-state index in [9.17, 15) is 4.79 Å². The minimum atomic E-state index is -0.870. The fourth-order valence-electron chi connectivity index (χ4n) is 2.35. The number of hydrogen-bond acceptors (Lipinski definition) is 3. The van der Waals surface area contributed by atoms with Crippen molar-refractivity contribution in [3.63, 3.8) is 0 Å². The van der Waals surface area contributed by atoms with E-state index in [2.05, 4.69) is 0 Å². The van der Waals surface area contributed by atoms with Gasteiger partial charge in [-0.1, -0.05) is 24.3 Å². The number of aliphatic carboxylic acids is 1. The van der Waals surface area contributed by atoms with Crippen molar-refractivity contribution in [1.82, 2.24) is 0 Å². The van der Waals surface area contributed by atoms with E-state index in [1.807, 2.05) is 32.0 Å². The second kappa shape index (κ2) is 6.98.